The molecule has 0 aromatic carbocycles. The lowest BCUT2D eigenvalue weighted by Crippen LogP contribution is -2.29. The van der Waals surface area contributed by atoms with Crippen molar-refractivity contribution in [1.29, 1.82) is 0 Å². The first-order valence-corrected chi connectivity index (χ1v) is 6.29. The van der Waals surface area contributed by atoms with E-state index in [-0.39, 0.29) is 5.91 Å². The standard InChI is InChI=1S/C11H13N5OS/c1-12-5-6-15-10(17)8-7-16-11(18-8)9-13-3-2-4-14-9/h2-4,7,12H,5-6H2,1H3,(H,15,17). The number of hydrogen-bond donors (Lipinski definition) is 2. The van der Waals surface area contributed by atoms with Crippen LogP contribution in [0.1, 0.15) is 9.67 Å². The molecule has 0 saturated carbocycles. The number of aromatic nitrogens is 3. The van der Waals surface area contributed by atoms with Crippen molar-refractivity contribution in [2.24, 2.45) is 0 Å². The van der Waals surface area contributed by atoms with Gasteiger partial charge in [0.05, 0.1) is 6.20 Å². The van der Waals surface area contributed by atoms with Crippen molar-refractivity contribution in [3.05, 3.63) is 29.5 Å². The van der Waals surface area contributed by atoms with Crippen LogP contribution in [0.2, 0.25) is 0 Å². The van der Waals surface area contributed by atoms with Crippen LogP contribution in [-0.2, 0) is 0 Å². The van der Waals surface area contributed by atoms with Crippen LogP contribution in [0.25, 0.3) is 10.8 Å². The molecule has 94 valence electrons. The second kappa shape index (κ2) is 6.18. The first-order chi connectivity index (χ1) is 8.81. The Morgan fingerprint density at radius 3 is 2.78 bits per heavy atom. The summed E-state index contributed by atoms with van der Waals surface area (Å²) in [6.45, 7) is 1.32. The smallest absolute Gasteiger partial charge is 0.263 e. The molecule has 0 bridgehead atoms. The summed E-state index contributed by atoms with van der Waals surface area (Å²) in [6, 6.07) is 1.74. The highest BCUT2D eigenvalue weighted by Gasteiger charge is 2.12. The van der Waals surface area contributed by atoms with Crippen LogP contribution in [0.15, 0.2) is 24.7 Å². The Hall–Kier alpha value is -1.86. The van der Waals surface area contributed by atoms with E-state index in [1.54, 1.807) is 24.7 Å². The predicted molar refractivity (Wildman–Crippen MR) is 69.4 cm³/mol. The van der Waals surface area contributed by atoms with E-state index in [9.17, 15) is 4.79 Å². The Balaban J connectivity index is 2.04. The summed E-state index contributed by atoms with van der Waals surface area (Å²) in [5.74, 6) is 0.418. The fourth-order valence-corrected chi connectivity index (χ4v) is 2.06. The van der Waals surface area contributed by atoms with Crippen molar-refractivity contribution in [3.63, 3.8) is 0 Å². The Morgan fingerprint density at radius 1 is 1.28 bits per heavy atom. The molecule has 2 N–H and O–H groups in total. The largest absolute Gasteiger partial charge is 0.350 e. The lowest BCUT2D eigenvalue weighted by atomic mass is 10.5. The topological polar surface area (TPSA) is 79.8 Å². The van der Waals surface area contributed by atoms with Crippen LogP contribution in [-0.4, -0.2) is 41.0 Å². The van der Waals surface area contributed by atoms with Gasteiger partial charge in [0.1, 0.15) is 4.88 Å². The Bertz CT molecular complexity index is 513. The number of thiazole rings is 1. The van der Waals surface area contributed by atoms with Crippen LogP contribution < -0.4 is 10.6 Å². The molecule has 0 saturated heterocycles. The van der Waals surface area contributed by atoms with Crippen molar-refractivity contribution in [1.82, 2.24) is 25.6 Å². The fraction of sp³-hybridized carbons (Fsp3) is 0.273. The van der Waals surface area contributed by atoms with E-state index in [2.05, 4.69) is 25.6 Å². The van der Waals surface area contributed by atoms with Crippen LogP contribution in [0.5, 0.6) is 0 Å². The quantitative estimate of drug-likeness (QED) is 0.770. The zero-order valence-electron chi connectivity index (χ0n) is 9.88. The van der Waals surface area contributed by atoms with Gasteiger partial charge in [0.25, 0.3) is 5.91 Å². The van der Waals surface area contributed by atoms with Gasteiger partial charge >= 0.3 is 0 Å². The van der Waals surface area contributed by atoms with Gasteiger partial charge in [-0.1, -0.05) is 0 Å². The summed E-state index contributed by atoms with van der Waals surface area (Å²) < 4.78 is 0. The summed E-state index contributed by atoms with van der Waals surface area (Å²) in [6.07, 6.45) is 4.85. The molecule has 2 heterocycles. The number of hydrogen-bond acceptors (Lipinski definition) is 6. The minimum atomic E-state index is -0.120. The average molecular weight is 263 g/mol. The minimum Gasteiger partial charge on any atom is -0.350 e. The number of likely N-dealkylation sites (N-methyl/N-ethyl adjacent to an activating group) is 1. The van der Waals surface area contributed by atoms with Crippen molar-refractivity contribution >= 4 is 17.2 Å². The van der Waals surface area contributed by atoms with E-state index in [1.807, 2.05) is 7.05 Å². The molecule has 7 heteroatoms. The molecule has 0 aliphatic heterocycles. The van der Waals surface area contributed by atoms with Crippen LogP contribution in [0.4, 0.5) is 0 Å². The highest BCUT2D eigenvalue weighted by molar-refractivity contribution is 7.16. The first-order valence-electron chi connectivity index (χ1n) is 5.47. The molecular weight excluding hydrogens is 250 g/mol. The van der Waals surface area contributed by atoms with Gasteiger partial charge in [-0.15, -0.1) is 11.3 Å². The zero-order chi connectivity index (χ0) is 12.8. The number of rotatable bonds is 5. The molecular formula is C11H13N5OS. The van der Waals surface area contributed by atoms with Crippen LogP contribution >= 0.6 is 11.3 Å². The molecule has 2 aromatic heterocycles. The number of nitrogens with one attached hydrogen (secondary N) is 2. The summed E-state index contributed by atoms with van der Waals surface area (Å²) in [4.78, 5) is 24.7. The molecule has 0 spiro atoms. The lowest BCUT2D eigenvalue weighted by molar-refractivity contribution is 0.0958. The fourth-order valence-electron chi connectivity index (χ4n) is 1.28. The maximum atomic E-state index is 11.8. The van der Waals surface area contributed by atoms with E-state index in [0.717, 1.165) is 6.54 Å². The number of nitrogens with zero attached hydrogens (tertiary/aromatic N) is 3. The van der Waals surface area contributed by atoms with Gasteiger partial charge in [0, 0.05) is 25.5 Å². The number of carbonyl (C=O) groups is 1. The Labute approximate surface area is 109 Å². The van der Waals surface area contributed by atoms with Gasteiger partial charge in [-0.3, -0.25) is 4.79 Å². The molecule has 2 rings (SSSR count). The van der Waals surface area contributed by atoms with E-state index >= 15 is 0 Å². The second-order valence-corrected chi connectivity index (χ2v) is 4.49. The average Bonchev–Trinajstić information content (AvgIpc) is 2.89. The van der Waals surface area contributed by atoms with Gasteiger partial charge in [-0.2, -0.15) is 0 Å². The molecule has 0 atom stereocenters. The van der Waals surface area contributed by atoms with E-state index in [0.29, 0.717) is 22.3 Å². The van der Waals surface area contributed by atoms with Gasteiger partial charge in [-0.05, 0) is 13.1 Å². The molecule has 6 nitrogen and oxygen atoms in total. The molecule has 0 unspecified atom stereocenters. The normalized spacial score (nSPS) is 10.3. The monoisotopic (exact) mass is 263 g/mol. The first kappa shape index (κ1) is 12.6. The van der Waals surface area contributed by atoms with Crippen molar-refractivity contribution in [2.45, 2.75) is 0 Å². The summed E-state index contributed by atoms with van der Waals surface area (Å²) in [5.41, 5.74) is 0. The minimum absolute atomic E-state index is 0.120. The zero-order valence-corrected chi connectivity index (χ0v) is 10.7. The number of carbonyl (C=O) groups excluding carboxylic acids is 1. The molecule has 2 aromatic rings. The molecule has 0 fully saturated rings. The third-order valence-corrected chi connectivity index (χ3v) is 3.14. The lowest BCUT2D eigenvalue weighted by Gasteiger charge is -2.01. The maximum Gasteiger partial charge on any atom is 0.263 e. The summed E-state index contributed by atoms with van der Waals surface area (Å²) in [7, 11) is 1.84. The Morgan fingerprint density at radius 2 is 2.06 bits per heavy atom. The van der Waals surface area contributed by atoms with Gasteiger partial charge < -0.3 is 10.6 Å². The van der Waals surface area contributed by atoms with Crippen LogP contribution in [0.3, 0.4) is 0 Å². The molecule has 0 radical (unpaired) electrons. The predicted octanol–water partition coefficient (Wildman–Crippen LogP) is 0.549. The third-order valence-electron chi connectivity index (χ3n) is 2.15. The van der Waals surface area contributed by atoms with Crippen LogP contribution in [0, 0.1) is 0 Å². The van der Waals surface area contributed by atoms with Crippen molar-refractivity contribution in [3.8, 4) is 10.8 Å². The molecule has 1 amide bonds. The summed E-state index contributed by atoms with van der Waals surface area (Å²) in [5, 5.41) is 6.40. The van der Waals surface area contributed by atoms with E-state index in [1.165, 1.54) is 11.3 Å². The third kappa shape index (κ3) is 3.08. The highest BCUT2D eigenvalue weighted by atomic mass is 32.1. The van der Waals surface area contributed by atoms with E-state index in [4.69, 9.17) is 0 Å². The summed E-state index contributed by atoms with van der Waals surface area (Å²) >= 11 is 1.28. The molecule has 18 heavy (non-hydrogen) atoms. The highest BCUT2D eigenvalue weighted by Crippen LogP contribution is 2.21. The maximum absolute atomic E-state index is 11.8. The SMILES string of the molecule is CNCCNC(=O)c1cnc(-c2ncccn2)s1. The molecule has 0 aliphatic carbocycles. The molecule has 0 aliphatic rings. The van der Waals surface area contributed by atoms with Crippen molar-refractivity contribution in [2.75, 3.05) is 20.1 Å². The second-order valence-electron chi connectivity index (χ2n) is 3.46. The van der Waals surface area contributed by atoms with E-state index < -0.39 is 0 Å². The van der Waals surface area contributed by atoms with Gasteiger partial charge in [-0.25, -0.2) is 15.0 Å². The number of amides is 1. The van der Waals surface area contributed by atoms with Gasteiger partial charge in [0.2, 0.25) is 0 Å². The van der Waals surface area contributed by atoms with Gasteiger partial charge in [0.15, 0.2) is 10.8 Å². The Kier molecular flexibility index (Phi) is 4.32. The van der Waals surface area contributed by atoms with Crippen molar-refractivity contribution < 1.29 is 4.79 Å².